The SMILES string of the molecule is Cn1cc(Cc2cn3cc(C(F)(F)F)ncc3n2)c(Br)n1. The van der Waals surface area contributed by atoms with Crippen LogP contribution < -0.4 is 0 Å². The van der Waals surface area contributed by atoms with Crippen molar-refractivity contribution in [1.29, 1.82) is 0 Å². The van der Waals surface area contributed by atoms with Crippen molar-refractivity contribution >= 4 is 21.6 Å². The summed E-state index contributed by atoms with van der Waals surface area (Å²) in [6, 6.07) is 0. The number of imidazole rings is 1. The molecule has 21 heavy (non-hydrogen) atoms. The van der Waals surface area contributed by atoms with E-state index in [4.69, 9.17) is 0 Å². The first-order valence-corrected chi connectivity index (χ1v) is 6.71. The van der Waals surface area contributed by atoms with E-state index in [0.717, 1.165) is 18.0 Å². The summed E-state index contributed by atoms with van der Waals surface area (Å²) in [4.78, 5) is 7.64. The highest BCUT2D eigenvalue weighted by Gasteiger charge is 2.32. The zero-order valence-electron chi connectivity index (χ0n) is 10.8. The quantitative estimate of drug-likeness (QED) is 0.706. The first kappa shape index (κ1) is 14.1. The van der Waals surface area contributed by atoms with Gasteiger partial charge < -0.3 is 4.40 Å². The minimum Gasteiger partial charge on any atom is -0.303 e. The summed E-state index contributed by atoms with van der Waals surface area (Å²) in [5.41, 5.74) is 0.981. The second-order valence-corrected chi connectivity index (χ2v) is 5.31. The van der Waals surface area contributed by atoms with Crippen LogP contribution in [0.4, 0.5) is 13.2 Å². The van der Waals surface area contributed by atoms with Crippen molar-refractivity contribution in [3.8, 4) is 0 Å². The maximum Gasteiger partial charge on any atom is 0.434 e. The van der Waals surface area contributed by atoms with E-state index in [-0.39, 0.29) is 0 Å². The van der Waals surface area contributed by atoms with E-state index in [0.29, 0.717) is 22.4 Å². The monoisotopic (exact) mass is 359 g/mol. The van der Waals surface area contributed by atoms with Crippen LogP contribution >= 0.6 is 15.9 Å². The third-order valence-electron chi connectivity index (χ3n) is 2.91. The fourth-order valence-electron chi connectivity index (χ4n) is 2.01. The van der Waals surface area contributed by atoms with E-state index >= 15 is 0 Å². The number of rotatable bonds is 2. The summed E-state index contributed by atoms with van der Waals surface area (Å²) in [6.45, 7) is 0. The molecule has 110 valence electrons. The standard InChI is InChI=1S/C12H9BrF3N5/c1-20-4-7(11(13)19-20)2-8-5-21-6-9(12(14,15)16)17-3-10(21)18-8/h3-6H,2H2,1H3. The molecule has 0 radical (unpaired) electrons. The van der Waals surface area contributed by atoms with Crippen LogP contribution in [0, 0.1) is 0 Å². The van der Waals surface area contributed by atoms with Crippen LogP contribution in [0.5, 0.6) is 0 Å². The third-order valence-corrected chi connectivity index (χ3v) is 3.57. The number of hydrogen-bond acceptors (Lipinski definition) is 3. The van der Waals surface area contributed by atoms with Crippen LogP contribution in [0.1, 0.15) is 17.0 Å². The molecular weight excluding hydrogens is 351 g/mol. The lowest BCUT2D eigenvalue weighted by molar-refractivity contribution is -0.141. The summed E-state index contributed by atoms with van der Waals surface area (Å²) < 4.78 is 41.5. The van der Waals surface area contributed by atoms with Crippen LogP contribution in [0.3, 0.4) is 0 Å². The predicted molar refractivity (Wildman–Crippen MR) is 71.7 cm³/mol. The summed E-state index contributed by atoms with van der Waals surface area (Å²) in [6.07, 6.45) is 1.44. The van der Waals surface area contributed by atoms with Crippen molar-refractivity contribution in [1.82, 2.24) is 24.1 Å². The molecule has 9 heteroatoms. The van der Waals surface area contributed by atoms with E-state index in [1.807, 2.05) is 6.20 Å². The molecular formula is C12H9BrF3N5. The largest absolute Gasteiger partial charge is 0.434 e. The normalized spacial score (nSPS) is 12.2. The average Bonchev–Trinajstić information content (AvgIpc) is 2.90. The molecule has 0 aliphatic heterocycles. The number of nitrogens with zero attached hydrogens (tertiary/aromatic N) is 5. The van der Waals surface area contributed by atoms with Gasteiger partial charge in [-0.2, -0.15) is 18.3 Å². The number of aromatic nitrogens is 5. The Balaban J connectivity index is 1.96. The van der Waals surface area contributed by atoms with Crippen LogP contribution in [-0.4, -0.2) is 24.1 Å². The molecule has 0 aromatic carbocycles. The number of alkyl halides is 3. The molecule has 5 nitrogen and oxygen atoms in total. The van der Waals surface area contributed by atoms with Crippen molar-refractivity contribution in [2.45, 2.75) is 12.6 Å². The molecule has 3 aromatic rings. The fourth-order valence-corrected chi connectivity index (χ4v) is 2.50. The van der Waals surface area contributed by atoms with Crippen molar-refractivity contribution in [2.24, 2.45) is 7.05 Å². The Bertz CT molecular complexity index is 805. The molecule has 0 saturated heterocycles. The van der Waals surface area contributed by atoms with Gasteiger partial charge in [0.15, 0.2) is 11.3 Å². The van der Waals surface area contributed by atoms with E-state index in [9.17, 15) is 13.2 Å². The lowest BCUT2D eigenvalue weighted by Crippen LogP contribution is -2.08. The van der Waals surface area contributed by atoms with Crippen LogP contribution in [0.25, 0.3) is 5.65 Å². The molecule has 3 heterocycles. The van der Waals surface area contributed by atoms with Crippen molar-refractivity contribution in [2.75, 3.05) is 0 Å². The second kappa shape index (κ2) is 4.83. The highest BCUT2D eigenvalue weighted by molar-refractivity contribution is 9.10. The van der Waals surface area contributed by atoms with Gasteiger partial charge in [0.05, 0.1) is 11.9 Å². The van der Waals surface area contributed by atoms with Crippen molar-refractivity contribution in [3.63, 3.8) is 0 Å². The van der Waals surface area contributed by atoms with Gasteiger partial charge in [0.1, 0.15) is 4.60 Å². The van der Waals surface area contributed by atoms with Gasteiger partial charge in [-0.3, -0.25) is 4.68 Å². The summed E-state index contributed by atoms with van der Waals surface area (Å²) in [5, 5.41) is 4.15. The van der Waals surface area contributed by atoms with Crippen LogP contribution in [-0.2, 0) is 19.6 Å². The molecule has 3 aromatic heterocycles. The second-order valence-electron chi connectivity index (χ2n) is 4.56. The number of hydrogen-bond donors (Lipinski definition) is 0. The fraction of sp³-hybridized carbons (Fsp3) is 0.250. The highest BCUT2D eigenvalue weighted by Crippen LogP contribution is 2.27. The van der Waals surface area contributed by atoms with E-state index in [1.165, 1.54) is 4.40 Å². The Morgan fingerprint density at radius 2 is 2.00 bits per heavy atom. The Morgan fingerprint density at radius 1 is 1.24 bits per heavy atom. The summed E-state index contributed by atoms with van der Waals surface area (Å²) in [5.74, 6) is 0. The molecule has 3 rings (SSSR count). The molecule has 0 spiro atoms. The van der Waals surface area contributed by atoms with Crippen molar-refractivity contribution < 1.29 is 13.2 Å². The zero-order valence-corrected chi connectivity index (χ0v) is 12.4. The Kier molecular flexibility index (Phi) is 3.23. The molecule has 0 saturated carbocycles. The molecule has 0 N–H and O–H groups in total. The van der Waals surface area contributed by atoms with Gasteiger partial charge in [0, 0.05) is 37.6 Å². The first-order valence-electron chi connectivity index (χ1n) is 5.92. The lowest BCUT2D eigenvalue weighted by atomic mass is 10.2. The third kappa shape index (κ3) is 2.78. The van der Waals surface area contributed by atoms with Gasteiger partial charge in [-0.15, -0.1) is 0 Å². The van der Waals surface area contributed by atoms with Gasteiger partial charge in [0.2, 0.25) is 0 Å². The molecule has 0 unspecified atom stereocenters. The minimum absolute atomic E-state index is 0.373. The smallest absolute Gasteiger partial charge is 0.303 e. The van der Waals surface area contributed by atoms with Crippen molar-refractivity contribution in [3.05, 3.63) is 46.3 Å². The molecule has 0 aliphatic carbocycles. The first-order chi connectivity index (χ1) is 9.83. The Labute approximate surface area is 125 Å². The van der Waals surface area contributed by atoms with Gasteiger partial charge in [-0.05, 0) is 15.9 Å². The van der Waals surface area contributed by atoms with Crippen LogP contribution in [0.15, 0.2) is 29.4 Å². The summed E-state index contributed by atoms with van der Waals surface area (Å²) >= 11 is 3.33. The van der Waals surface area contributed by atoms with E-state index in [1.54, 1.807) is 17.9 Å². The van der Waals surface area contributed by atoms with Gasteiger partial charge >= 0.3 is 6.18 Å². The predicted octanol–water partition coefficient (Wildman–Crippen LogP) is 2.83. The van der Waals surface area contributed by atoms with E-state index < -0.39 is 11.9 Å². The van der Waals surface area contributed by atoms with Gasteiger partial charge in [-0.1, -0.05) is 0 Å². The number of halogens is 4. The maximum atomic E-state index is 12.6. The number of fused-ring (bicyclic) bond motifs is 1. The summed E-state index contributed by atoms with van der Waals surface area (Å²) in [7, 11) is 1.79. The molecule has 0 amide bonds. The average molecular weight is 360 g/mol. The van der Waals surface area contributed by atoms with Gasteiger partial charge in [-0.25, -0.2) is 9.97 Å². The molecule has 0 atom stereocenters. The van der Waals surface area contributed by atoms with Gasteiger partial charge in [0.25, 0.3) is 0 Å². The van der Waals surface area contributed by atoms with E-state index in [2.05, 4.69) is 31.0 Å². The topological polar surface area (TPSA) is 48.0 Å². The molecule has 0 fully saturated rings. The Hall–Kier alpha value is -1.90. The Morgan fingerprint density at radius 3 is 2.62 bits per heavy atom. The minimum atomic E-state index is -4.47. The highest BCUT2D eigenvalue weighted by atomic mass is 79.9. The molecule has 0 aliphatic rings. The number of aryl methyl sites for hydroxylation is 1. The molecule has 0 bridgehead atoms. The van der Waals surface area contributed by atoms with Crippen LogP contribution in [0.2, 0.25) is 0 Å². The maximum absolute atomic E-state index is 12.6. The lowest BCUT2D eigenvalue weighted by Gasteiger charge is -2.04. The zero-order chi connectivity index (χ0) is 15.2.